The van der Waals surface area contributed by atoms with Crippen LogP contribution in [0.25, 0.3) is 0 Å². The zero-order valence-corrected chi connectivity index (χ0v) is 10.1. The van der Waals surface area contributed by atoms with Crippen LogP contribution in [0.5, 0.6) is 0 Å². The molecule has 3 rings (SSSR count). The van der Waals surface area contributed by atoms with Gasteiger partial charge in [-0.2, -0.15) is 0 Å². The maximum Gasteiger partial charge on any atom is 0.107 e. The van der Waals surface area contributed by atoms with Crippen molar-refractivity contribution in [3.05, 3.63) is 29.8 Å². The van der Waals surface area contributed by atoms with E-state index in [1.165, 1.54) is 29.9 Å². The Morgan fingerprint density at radius 2 is 2.00 bits per heavy atom. The van der Waals surface area contributed by atoms with Gasteiger partial charge in [0.2, 0.25) is 0 Å². The summed E-state index contributed by atoms with van der Waals surface area (Å²) >= 11 is 0. The number of rotatable bonds is 4. The van der Waals surface area contributed by atoms with Gasteiger partial charge in [0.05, 0.1) is 6.54 Å². The third kappa shape index (κ3) is 2.20. The van der Waals surface area contributed by atoms with Crippen LogP contribution < -0.4 is 10.6 Å². The van der Waals surface area contributed by atoms with Gasteiger partial charge >= 0.3 is 0 Å². The molecule has 1 aliphatic carbocycles. The maximum atomic E-state index is 5.56. The normalized spacial score (nSPS) is 19.6. The molecule has 1 aromatic carbocycles. The van der Waals surface area contributed by atoms with Crippen molar-refractivity contribution in [1.29, 1.82) is 0 Å². The largest absolute Gasteiger partial charge is 0.330 e. The van der Waals surface area contributed by atoms with Crippen LogP contribution in [0, 0.1) is 5.92 Å². The fraction of sp³-hybridized carbons (Fsp3) is 0.500. The molecular weight excluding hydrogens is 210 g/mol. The van der Waals surface area contributed by atoms with E-state index in [1.807, 2.05) is 0 Å². The number of amidine groups is 1. The summed E-state index contributed by atoms with van der Waals surface area (Å²) < 4.78 is 0. The molecular formula is C14H19N3. The third-order valence-electron chi connectivity index (χ3n) is 3.50. The fourth-order valence-corrected chi connectivity index (χ4v) is 2.43. The molecule has 3 nitrogen and oxygen atoms in total. The van der Waals surface area contributed by atoms with Crippen LogP contribution in [-0.2, 0) is 6.42 Å². The topological polar surface area (TPSA) is 41.6 Å². The van der Waals surface area contributed by atoms with Gasteiger partial charge in [-0.25, -0.2) is 0 Å². The average molecular weight is 229 g/mol. The standard InChI is InChI=1S/C14H19N3/c15-8-7-11-1-5-13(6-2-11)17-10-9-16-14(17)12-3-4-12/h1-2,5-6,12H,3-4,7-10,15H2. The molecule has 3 heteroatoms. The monoisotopic (exact) mass is 229 g/mol. The Kier molecular flexibility index (Phi) is 2.85. The van der Waals surface area contributed by atoms with E-state index in [0.29, 0.717) is 0 Å². The molecule has 2 aliphatic rings. The summed E-state index contributed by atoms with van der Waals surface area (Å²) in [7, 11) is 0. The second-order valence-corrected chi connectivity index (χ2v) is 4.87. The SMILES string of the molecule is NCCc1ccc(N2CCN=C2C2CC2)cc1. The van der Waals surface area contributed by atoms with Gasteiger partial charge in [-0.1, -0.05) is 12.1 Å². The molecule has 1 saturated carbocycles. The predicted molar refractivity (Wildman–Crippen MR) is 71.6 cm³/mol. The molecule has 2 N–H and O–H groups in total. The Hall–Kier alpha value is -1.35. The first-order valence-electron chi connectivity index (χ1n) is 6.49. The van der Waals surface area contributed by atoms with Crippen LogP contribution in [0.3, 0.4) is 0 Å². The highest BCUT2D eigenvalue weighted by molar-refractivity contribution is 6.02. The Morgan fingerprint density at radius 3 is 2.65 bits per heavy atom. The predicted octanol–water partition coefficient (Wildman–Crippen LogP) is 1.82. The van der Waals surface area contributed by atoms with Gasteiger partial charge in [0.1, 0.15) is 5.84 Å². The van der Waals surface area contributed by atoms with Gasteiger partial charge in [0.25, 0.3) is 0 Å². The van der Waals surface area contributed by atoms with Gasteiger partial charge in [-0.05, 0) is 43.5 Å². The van der Waals surface area contributed by atoms with Crippen molar-refractivity contribution >= 4 is 11.5 Å². The quantitative estimate of drug-likeness (QED) is 0.855. The minimum Gasteiger partial charge on any atom is -0.330 e. The zero-order valence-electron chi connectivity index (χ0n) is 10.1. The molecule has 1 aliphatic heterocycles. The number of nitrogens with zero attached hydrogens (tertiary/aromatic N) is 2. The minimum absolute atomic E-state index is 0.720. The summed E-state index contributed by atoms with van der Waals surface area (Å²) in [5.41, 5.74) is 8.17. The van der Waals surface area contributed by atoms with E-state index in [4.69, 9.17) is 5.73 Å². The van der Waals surface area contributed by atoms with E-state index in [9.17, 15) is 0 Å². The molecule has 1 heterocycles. The van der Waals surface area contributed by atoms with Gasteiger partial charge in [-0.3, -0.25) is 4.99 Å². The van der Waals surface area contributed by atoms with Crippen molar-refractivity contribution in [2.24, 2.45) is 16.6 Å². The van der Waals surface area contributed by atoms with Crippen molar-refractivity contribution in [3.8, 4) is 0 Å². The number of hydrogen-bond acceptors (Lipinski definition) is 3. The Morgan fingerprint density at radius 1 is 1.24 bits per heavy atom. The summed E-state index contributed by atoms with van der Waals surface area (Å²) in [5, 5.41) is 0. The molecule has 90 valence electrons. The van der Waals surface area contributed by atoms with E-state index in [1.54, 1.807) is 0 Å². The Balaban J connectivity index is 1.77. The van der Waals surface area contributed by atoms with Crippen LogP contribution in [0.1, 0.15) is 18.4 Å². The van der Waals surface area contributed by atoms with Crippen molar-refractivity contribution in [2.45, 2.75) is 19.3 Å². The van der Waals surface area contributed by atoms with E-state index >= 15 is 0 Å². The summed E-state index contributed by atoms with van der Waals surface area (Å²) in [6, 6.07) is 8.78. The van der Waals surface area contributed by atoms with Gasteiger partial charge in [0, 0.05) is 18.2 Å². The van der Waals surface area contributed by atoms with E-state index in [0.717, 1.165) is 32.0 Å². The first kappa shape index (κ1) is 10.8. The van der Waals surface area contributed by atoms with Crippen molar-refractivity contribution < 1.29 is 0 Å². The van der Waals surface area contributed by atoms with Crippen LogP contribution in [0.2, 0.25) is 0 Å². The summed E-state index contributed by atoms with van der Waals surface area (Å²) in [4.78, 5) is 7.02. The number of benzene rings is 1. The zero-order chi connectivity index (χ0) is 11.7. The molecule has 0 spiro atoms. The molecule has 0 aromatic heterocycles. The number of anilines is 1. The lowest BCUT2D eigenvalue weighted by Gasteiger charge is -2.20. The van der Waals surface area contributed by atoms with E-state index in [2.05, 4.69) is 34.2 Å². The molecule has 17 heavy (non-hydrogen) atoms. The lowest BCUT2D eigenvalue weighted by Crippen LogP contribution is -2.28. The fourth-order valence-electron chi connectivity index (χ4n) is 2.43. The Labute approximate surface area is 102 Å². The van der Waals surface area contributed by atoms with Gasteiger partial charge < -0.3 is 10.6 Å². The molecule has 0 atom stereocenters. The van der Waals surface area contributed by atoms with Crippen LogP contribution >= 0.6 is 0 Å². The molecule has 0 amide bonds. The second-order valence-electron chi connectivity index (χ2n) is 4.87. The minimum atomic E-state index is 0.720. The summed E-state index contributed by atoms with van der Waals surface area (Å²) in [6.45, 7) is 2.72. The van der Waals surface area contributed by atoms with E-state index in [-0.39, 0.29) is 0 Å². The average Bonchev–Trinajstić information content (AvgIpc) is 3.09. The van der Waals surface area contributed by atoms with Crippen molar-refractivity contribution in [1.82, 2.24) is 0 Å². The lowest BCUT2D eigenvalue weighted by atomic mass is 10.1. The highest BCUT2D eigenvalue weighted by Gasteiger charge is 2.33. The van der Waals surface area contributed by atoms with Gasteiger partial charge in [-0.15, -0.1) is 0 Å². The van der Waals surface area contributed by atoms with E-state index < -0.39 is 0 Å². The van der Waals surface area contributed by atoms with Crippen LogP contribution in [0.15, 0.2) is 29.3 Å². The first-order chi connectivity index (χ1) is 8.38. The first-order valence-corrected chi connectivity index (χ1v) is 6.49. The lowest BCUT2D eigenvalue weighted by molar-refractivity contribution is 0.965. The highest BCUT2D eigenvalue weighted by atomic mass is 15.2. The van der Waals surface area contributed by atoms with Crippen molar-refractivity contribution in [2.75, 3.05) is 24.5 Å². The molecule has 0 bridgehead atoms. The number of nitrogens with two attached hydrogens (primary N) is 1. The summed E-state index contributed by atoms with van der Waals surface area (Å²) in [5.74, 6) is 2.05. The number of aliphatic imine (C=N–C) groups is 1. The summed E-state index contributed by atoms with van der Waals surface area (Å²) in [6.07, 6.45) is 3.60. The van der Waals surface area contributed by atoms with Gasteiger partial charge in [0.15, 0.2) is 0 Å². The molecule has 1 fully saturated rings. The van der Waals surface area contributed by atoms with Crippen LogP contribution in [-0.4, -0.2) is 25.5 Å². The Bertz CT molecular complexity index is 418. The second kappa shape index (κ2) is 4.49. The molecule has 0 saturated heterocycles. The maximum absolute atomic E-state index is 5.56. The third-order valence-corrected chi connectivity index (χ3v) is 3.50. The van der Waals surface area contributed by atoms with Crippen LogP contribution in [0.4, 0.5) is 5.69 Å². The smallest absolute Gasteiger partial charge is 0.107 e. The molecule has 0 unspecified atom stereocenters. The van der Waals surface area contributed by atoms with Crippen molar-refractivity contribution in [3.63, 3.8) is 0 Å². The highest BCUT2D eigenvalue weighted by Crippen LogP contribution is 2.35. The molecule has 0 radical (unpaired) electrons. The molecule has 1 aromatic rings. The number of hydrogen-bond donors (Lipinski definition) is 1.